The number of carbonyl (C=O) groups is 1. The lowest BCUT2D eigenvalue weighted by Gasteiger charge is -2.53. The molecule has 0 spiro atoms. The lowest BCUT2D eigenvalue weighted by molar-refractivity contribution is -0.138. The predicted octanol–water partition coefficient (Wildman–Crippen LogP) is 2.43. The third-order valence-electron chi connectivity index (χ3n) is 5.37. The summed E-state index contributed by atoms with van der Waals surface area (Å²) < 4.78 is 4.99. The standard InChI is InChI=1S/C15H24ClNO2/c1-19-8-13(16)7-17-15(18)14-11-3-9-2-10(5-11)6-12(14)4-9/h9-14H,2-8H2,1H3,(H,17,18). The van der Waals surface area contributed by atoms with Gasteiger partial charge < -0.3 is 10.1 Å². The summed E-state index contributed by atoms with van der Waals surface area (Å²) in [5.41, 5.74) is 0. The smallest absolute Gasteiger partial charge is 0.223 e. The van der Waals surface area contributed by atoms with E-state index in [9.17, 15) is 4.79 Å². The molecule has 4 rings (SSSR count). The van der Waals surface area contributed by atoms with E-state index in [0.29, 0.717) is 25.0 Å². The van der Waals surface area contributed by atoms with Crippen LogP contribution in [0.5, 0.6) is 0 Å². The molecule has 0 aliphatic heterocycles. The van der Waals surface area contributed by atoms with E-state index in [4.69, 9.17) is 16.3 Å². The van der Waals surface area contributed by atoms with Gasteiger partial charge in [-0.05, 0) is 55.8 Å². The van der Waals surface area contributed by atoms with E-state index in [1.165, 1.54) is 32.1 Å². The summed E-state index contributed by atoms with van der Waals surface area (Å²) in [4.78, 5) is 12.4. The Hall–Kier alpha value is -0.280. The van der Waals surface area contributed by atoms with Crippen molar-refractivity contribution in [1.29, 1.82) is 0 Å². The molecular weight excluding hydrogens is 262 g/mol. The number of alkyl halides is 1. The van der Waals surface area contributed by atoms with E-state index in [1.807, 2.05) is 0 Å². The van der Waals surface area contributed by atoms with Gasteiger partial charge >= 0.3 is 0 Å². The topological polar surface area (TPSA) is 38.3 Å². The van der Waals surface area contributed by atoms with Crippen LogP contribution in [0.15, 0.2) is 0 Å². The van der Waals surface area contributed by atoms with Crippen LogP contribution in [0, 0.1) is 29.6 Å². The van der Waals surface area contributed by atoms with Crippen molar-refractivity contribution in [3.05, 3.63) is 0 Å². The number of ether oxygens (including phenoxy) is 1. The molecule has 19 heavy (non-hydrogen) atoms. The van der Waals surface area contributed by atoms with Crippen LogP contribution in [-0.4, -0.2) is 31.5 Å². The van der Waals surface area contributed by atoms with Crippen molar-refractivity contribution in [2.75, 3.05) is 20.3 Å². The first-order valence-electron chi connectivity index (χ1n) is 7.58. The summed E-state index contributed by atoms with van der Waals surface area (Å²) in [6, 6.07) is 0. The van der Waals surface area contributed by atoms with Crippen molar-refractivity contribution in [2.45, 2.75) is 37.5 Å². The first-order chi connectivity index (χ1) is 9.17. The highest BCUT2D eigenvalue weighted by Crippen LogP contribution is 2.56. The maximum Gasteiger partial charge on any atom is 0.223 e. The lowest BCUT2D eigenvalue weighted by atomic mass is 9.51. The highest BCUT2D eigenvalue weighted by molar-refractivity contribution is 6.21. The molecule has 4 saturated carbocycles. The second-order valence-corrected chi connectivity index (χ2v) is 7.37. The van der Waals surface area contributed by atoms with Gasteiger partial charge in [0.05, 0.1) is 12.0 Å². The van der Waals surface area contributed by atoms with Gasteiger partial charge in [-0.25, -0.2) is 0 Å². The SMILES string of the molecule is COCC(Cl)CNC(=O)C1C2CC3CC(C2)CC1C3. The molecule has 1 atom stereocenters. The van der Waals surface area contributed by atoms with Crippen LogP contribution in [0.2, 0.25) is 0 Å². The van der Waals surface area contributed by atoms with Crippen molar-refractivity contribution in [2.24, 2.45) is 29.6 Å². The van der Waals surface area contributed by atoms with E-state index in [2.05, 4.69) is 5.32 Å². The summed E-state index contributed by atoms with van der Waals surface area (Å²) in [5.74, 6) is 3.64. The average molecular weight is 286 g/mol. The Balaban J connectivity index is 1.55. The molecule has 4 bridgehead atoms. The summed E-state index contributed by atoms with van der Waals surface area (Å²) in [6.45, 7) is 1.01. The minimum Gasteiger partial charge on any atom is -0.383 e. The third-order valence-corrected chi connectivity index (χ3v) is 5.66. The molecular formula is C15H24ClNO2. The van der Waals surface area contributed by atoms with Gasteiger partial charge in [-0.2, -0.15) is 0 Å². The zero-order chi connectivity index (χ0) is 13.4. The molecule has 1 N–H and O–H groups in total. The molecule has 0 saturated heterocycles. The van der Waals surface area contributed by atoms with Crippen molar-refractivity contribution in [3.8, 4) is 0 Å². The van der Waals surface area contributed by atoms with Crippen LogP contribution in [0.1, 0.15) is 32.1 Å². The molecule has 4 aliphatic carbocycles. The number of carbonyl (C=O) groups excluding carboxylic acids is 1. The highest BCUT2D eigenvalue weighted by Gasteiger charge is 2.50. The number of amides is 1. The van der Waals surface area contributed by atoms with Gasteiger partial charge in [-0.3, -0.25) is 4.79 Å². The van der Waals surface area contributed by atoms with Gasteiger partial charge in [0, 0.05) is 19.6 Å². The minimum absolute atomic E-state index is 0.120. The van der Waals surface area contributed by atoms with Crippen molar-refractivity contribution in [1.82, 2.24) is 5.32 Å². The quantitative estimate of drug-likeness (QED) is 0.788. The minimum atomic E-state index is -0.120. The first-order valence-corrected chi connectivity index (χ1v) is 8.01. The van der Waals surface area contributed by atoms with Crippen molar-refractivity contribution < 1.29 is 9.53 Å². The van der Waals surface area contributed by atoms with Crippen LogP contribution in [-0.2, 0) is 9.53 Å². The van der Waals surface area contributed by atoms with E-state index in [-0.39, 0.29) is 17.2 Å². The monoisotopic (exact) mass is 285 g/mol. The number of hydrogen-bond acceptors (Lipinski definition) is 2. The van der Waals surface area contributed by atoms with Crippen LogP contribution in [0.25, 0.3) is 0 Å². The van der Waals surface area contributed by atoms with Crippen LogP contribution in [0.3, 0.4) is 0 Å². The fourth-order valence-corrected chi connectivity index (χ4v) is 5.13. The van der Waals surface area contributed by atoms with Crippen LogP contribution in [0.4, 0.5) is 0 Å². The number of halogens is 1. The van der Waals surface area contributed by atoms with Gasteiger partial charge in [0.15, 0.2) is 0 Å². The van der Waals surface area contributed by atoms with Crippen molar-refractivity contribution in [3.63, 3.8) is 0 Å². The molecule has 3 nitrogen and oxygen atoms in total. The largest absolute Gasteiger partial charge is 0.383 e. The lowest BCUT2D eigenvalue weighted by Crippen LogP contribution is -2.51. The molecule has 0 radical (unpaired) electrons. The second-order valence-electron chi connectivity index (χ2n) is 6.75. The normalized spacial score (nSPS) is 41.3. The number of nitrogens with one attached hydrogen (secondary N) is 1. The fourth-order valence-electron chi connectivity index (χ4n) is 4.92. The zero-order valence-electron chi connectivity index (χ0n) is 11.6. The molecule has 0 aromatic carbocycles. The Morgan fingerprint density at radius 1 is 1.21 bits per heavy atom. The Kier molecular flexibility index (Phi) is 4.04. The van der Waals surface area contributed by atoms with E-state index in [0.717, 1.165) is 11.8 Å². The highest BCUT2D eigenvalue weighted by atomic mass is 35.5. The van der Waals surface area contributed by atoms with Gasteiger partial charge in [0.2, 0.25) is 5.91 Å². The maximum atomic E-state index is 12.4. The molecule has 4 heteroatoms. The third kappa shape index (κ3) is 2.78. The second kappa shape index (κ2) is 5.61. The first kappa shape index (κ1) is 13.7. The Morgan fingerprint density at radius 3 is 2.32 bits per heavy atom. The summed E-state index contributed by atoms with van der Waals surface area (Å²) in [6.07, 6.45) is 6.57. The van der Waals surface area contributed by atoms with E-state index >= 15 is 0 Å². The molecule has 4 fully saturated rings. The summed E-state index contributed by atoms with van der Waals surface area (Å²) in [5, 5.41) is 2.92. The molecule has 0 aromatic rings. The number of methoxy groups -OCH3 is 1. The number of hydrogen-bond donors (Lipinski definition) is 1. The summed E-state index contributed by atoms with van der Waals surface area (Å²) >= 11 is 6.08. The van der Waals surface area contributed by atoms with Gasteiger partial charge in [-0.1, -0.05) is 0 Å². The molecule has 4 aliphatic rings. The van der Waals surface area contributed by atoms with Crippen LogP contribution >= 0.6 is 11.6 Å². The Labute approximate surface area is 120 Å². The molecule has 1 unspecified atom stereocenters. The Morgan fingerprint density at radius 2 is 1.79 bits per heavy atom. The van der Waals surface area contributed by atoms with E-state index in [1.54, 1.807) is 7.11 Å². The van der Waals surface area contributed by atoms with Crippen molar-refractivity contribution >= 4 is 17.5 Å². The fraction of sp³-hybridized carbons (Fsp3) is 0.933. The predicted molar refractivity (Wildman–Crippen MR) is 75.1 cm³/mol. The average Bonchev–Trinajstić information content (AvgIpc) is 2.35. The Bertz CT molecular complexity index is 319. The van der Waals surface area contributed by atoms with Gasteiger partial charge in [0.1, 0.15) is 0 Å². The molecule has 1 amide bonds. The molecule has 0 heterocycles. The number of rotatable bonds is 5. The molecule has 0 aromatic heterocycles. The van der Waals surface area contributed by atoms with Gasteiger partial charge in [0.25, 0.3) is 0 Å². The van der Waals surface area contributed by atoms with Gasteiger partial charge in [-0.15, -0.1) is 11.6 Å². The van der Waals surface area contributed by atoms with E-state index < -0.39 is 0 Å². The maximum absolute atomic E-state index is 12.4. The van der Waals surface area contributed by atoms with Crippen LogP contribution < -0.4 is 5.32 Å². The zero-order valence-corrected chi connectivity index (χ0v) is 12.4. The summed E-state index contributed by atoms with van der Waals surface area (Å²) in [7, 11) is 1.63. The molecule has 108 valence electrons.